The third kappa shape index (κ3) is 25.6. The second-order valence-corrected chi connectivity index (χ2v) is 8.57. The van der Waals surface area contributed by atoms with E-state index in [0.717, 1.165) is 12.8 Å². The molecule has 0 spiro atoms. The lowest BCUT2D eigenvalue weighted by atomic mass is 10.0. The highest BCUT2D eigenvalue weighted by Gasteiger charge is 1.94. The van der Waals surface area contributed by atoms with Crippen LogP contribution in [0.15, 0.2) is 0 Å². The average molecular weight is 377 g/mol. The van der Waals surface area contributed by atoms with Crippen LogP contribution in [0.1, 0.15) is 162 Å². The van der Waals surface area contributed by atoms with Crippen molar-refractivity contribution < 1.29 is 0 Å². The Morgan fingerprint density at radius 3 is 0.852 bits per heavy atom. The molecule has 0 radical (unpaired) electrons. The van der Waals surface area contributed by atoms with Crippen LogP contribution in [0.5, 0.6) is 0 Å². The zero-order valence-electron chi connectivity index (χ0n) is 19.3. The van der Waals surface area contributed by atoms with Gasteiger partial charge in [-0.3, -0.25) is 0 Å². The highest BCUT2D eigenvalue weighted by Crippen LogP contribution is 2.14. The average Bonchev–Trinajstić information content (AvgIpc) is 2.68. The second-order valence-electron chi connectivity index (χ2n) is 8.57. The van der Waals surface area contributed by atoms with E-state index in [9.17, 15) is 0 Å². The highest BCUT2D eigenvalue weighted by atomic mass is 14.0. The Kier molecular flexibility index (Phi) is 25.1. The summed E-state index contributed by atoms with van der Waals surface area (Å²) in [5.41, 5.74) is 0. The van der Waals surface area contributed by atoms with E-state index in [1.165, 1.54) is 135 Å². The fourth-order valence-electron chi connectivity index (χ4n) is 3.76. The molecule has 0 amide bonds. The molecule has 0 nitrogen and oxygen atoms in total. The molecule has 0 aliphatic rings. The summed E-state index contributed by atoms with van der Waals surface area (Å²) >= 11 is 0. The molecule has 0 aromatic heterocycles. The Balaban J connectivity index is 3.03. The van der Waals surface area contributed by atoms with Gasteiger partial charge in [-0.1, -0.05) is 136 Å². The molecule has 0 saturated heterocycles. The second kappa shape index (κ2) is 25.6. The van der Waals surface area contributed by atoms with Gasteiger partial charge in [0.1, 0.15) is 0 Å². The molecular formula is C27H52. The van der Waals surface area contributed by atoms with Gasteiger partial charge in [-0.15, -0.1) is 11.8 Å². The Morgan fingerprint density at radius 1 is 0.296 bits per heavy atom. The van der Waals surface area contributed by atoms with Gasteiger partial charge in [0.2, 0.25) is 0 Å². The minimum absolute atomic E-state index is 1.12. The third-order valence-corrected chi connectivity index (χ3v) is 5.69. The molecule has 0 saturated carbocycles. The zero-order valence-corrected chi connectivity index (χ0v) is 19.3. The van der Waals surface area contributed by atoms with Gasteiger partial charge in [0.25, 0.3) is 0 Å². The van der Waals surface area contributed by atoms with E-state index in [1.54, 1.807) is 0 Å². The fraction of sp³-hybridized carbons (Fsp3) is 0.926. The minimum Gasteiger partial charge on any atom is -0.103 e. The van der Waals surface area contributed by atoms with E-state index < -0.39 is 0 Å². The number of hydrogen-bond acceptors (Lipinski definition) is 0. The molecule has 0 heteroatoms. The maximum Gasteiger partial charge on any atom is 0.00886 e. The molecule has 0 bridgehead atoms. The van der Waals surface area contributed by atoms with Crippen molar-refractivity contribution in [2.24, 2.45) is 0 Å². The van der Waals surface area contributed by atoms with E-state index in [2.05, 4.69) is 25.7 Å². The first-order chi connectivity index (χ1) is 13.4. The fourth-order valence-corrected chi connectivity index (χ4v) is 3.76. The van der Waals surface area contributed by atoms with Crippen molar-refractivity contribution in [3.8, 4) is 11.8 Å². The maximum absolute atomic E-state index is 3.35. The van der Waals surface area contributed by atoms with Crippen LogP contribution in [0.25, 0.3) is 0 Å². The van der Waals surface area contributed by atoms with Gasteiger partial charge in [-0.05, 0) is 12.8 Å². The predicted octanol–water partition coefficient (Wildman–Crippen LogP) is 10.0. The molecule has 0 unspecified atom stereocenters. The summed E-state index contributed by atoms with van der Waals surface area (Å²) in [4.78, 5) is 0. The van der Waals surface area contributed by atoms with Crippen LogP contribution >= 0.6 is 0 Å². The van der Waals surface area contributed by atoms with Gasteiger partial charge in [0, 0.05) is 12.8 Å². The Labute approximate surface area is 173 Å². The zero-order chi connectivity index (χ0) is 19.7. The monoisotopic (exact) mass is 376 g/mol. The molecule has 0 atom stereocenters. The van der Waals surface area contributed by atoms with Gasteiger partial charge in [-0.2, -0.15) is 0 Å². The Morgan fingerprint density at radius 2 is 0.519 bits per heavy atom. The lowest BCUT2D eigenvalue weighted by Crippen LogP contribution is -1.84. The molecule has 0 rings (SSSR count). The molecule has 0 aliphatic carbocycles. The Bertz CT molecular complexity index is 306. The molecule has 0 fully saturated rings. The van der Waals surface area contributed by atoms with Crippen LogP contribution in [-0.2, 0) is 0 Å². The van der Waals surface area contributed by atoms with Crippen molar-refractivity contribution in [2.75, 3.05) is 0 Å². The molecule has 0 aromatic carbocycles. The number of rotatable bonds is 21. The van der Waals surface area contributed by atoms with Crippen molar-refractivity contribution in [3.63, 3.8) is 0 Å². The lowest BCUT2D eigenvalue weighted by Gasteiger charge is -2.03. The molecule has 27 heavy (non-hydrogen) atoms. The highest BCUT2D eigenvalue weighted by molar-refractivity contribution is 4.98. The van der Waals surface area contributed by atoms with Crippen molar-refractivity contribution >= 4 is 0 Å². The topological polar surface area (TPSA) is 0 Å². The normalized spacial score (nSPS) is 10.7. The molecule has 160 valence electrons. The van der Waals surface area contributed by atoms with Crippen molar-refractivity contribution in [1.29, 1.82) is 0 Å². The van der Waals surface area contributed by atoms with Crippen molar-refractivity contribution in [2.45, 2.75) is 162 Å². The smallest absolute Gasteiger partial charge is 0.00886 e. The summed E-state index contributed by atoms with van der Waals surface area (Å²) in [6, 6.07) is 0. The van der Waals surface area contributed by atoms with E-state index in [1.807, 2.05) is 0 Å². The van der Waals surface area contributed by atoms with E-state index >= 15 is 0 Å². The van der Waals surface area contributed by atoms with Gasteiger partial charge in [0.15, 0.2) is 0 Å². The first-order valence-electron chi connectivity index (χ1n) is 12.9. The quantitative estimate of drug-likeness (QED) is 0.138. The molecule has 0 N–H and O–H groups in total. The van der Waals surface area contributed by atoms with Crippen LogP contribution in [0.3, 0.4) is 0 Å². The maximum atomic E-state index is 3.35. The van der Waals surface area contributed by atoms with Gasteiger partial charge < -0.3 is 0 Å². The first kappa shape index (κ1) is 26.6. The molecule has 0 heterocycles. The number of hydrogen-bond donors (Lipinski definition) is 0. The summed E-state index contributed by atoms with van der Waals surface area (Å²) in [7, 11) is 0. The van der Waals surface area contributed by atoms with Crippen molar-refractivity contribution in [3.05, 3.63) is 0 Å². The molecular weight excluding hydrogens is 324 g/mol. The predicted molar refractivity (Wildman–Crippen MR) is 125 cm³/mol. The third-order valence-electron chi connectivity index (χ3n) is 5.69. The van der Waals surface area contributed by atoms with Crippen molar-refractivity contribution in [1.82, 2.24) is 0 Å². The number of unbranched alkanes of at least 4 members (excludes halogenated alkanes) is 21. The summed E-state index contributed by atoms with van der Waals surface area (Å²) in [5.74, 6) is 6.68. The van der Waals surface area contributed by atoms with Gasteiger partial charge in [-0.25, -0.2) is 0 Å². The largest absolute Gasteiger partial charge is 0.103 e. The molecule has 0 aromatic rings. The van der Waals surface area contributed by atoms with Crippen LogP contribution in [0.4, 0.5) is 0 Å². The van der Waals surface area contributed by atoms with E-state index in [-0.39, 0.29) is 0 Å². The van der Waals surface area contributed by atoms with E-state index in [4.69, 9.17) is 0 Å². The Hall–Kier alpha value is -0.440. The van der Waals surface area contributed by atoms with E-state index in [0.29, 0.717) is 0 Å². The first-order valence-corrected chi connectivity index (χ1v) is 12.9. The lowest BCUT2D eigenvalue weighted by molar-refractivity contribution is 0.525. The molecule has 0 aliphatic heterocycles. The van der Waals surface area contributed by atoms with Crippen LogP contribution in [0.2, 0.25) is 0 Å². The minimum atomic E-state index is 1.12. The summed E-state index contributed by atoms with van der Waals surface area (Å²) in [6.07, 6.45) is 32.3. The summed E-state index contributed by atoms with van der Waals surface area (Å²) in [5, 5.41) is 0. The summed E-state index contributed by atoms with van der Waals surface area (Å²) < 4.78 is 0. The van der Waals surface area contributed by atoms with Gasteiger partial charge in [0.05, 0.1) is 0 Å². The van der Waals surface area contributed by atoms with Crippen LogP contribution in [-0.4, -0.2) is 0 Å². The standard InChI is InChI=1S/C27H52/c1-3-5-7-9-11-13-15-17-19-21-23-25-27-26-24-22-20-18-16-14-12-10-8-6-4-2/h3-11,13,15-27H2,1-2H3. The summed E-state index contributed by atoms with van der Waals surface area (Å²) in [6.45, 7) is 4.55. The van der Waals surface area contributed by atoms with Crippen LogP contribution < -0.4 is 0 Å². The van der Waals surface area contributed by atoms with Crippen LogP contribution in [0, 0.1) is 11.8 Å². The van der Waals surface area contributed by atoms with Gasteiger partial charge >= 0.3 is 0 Å². The SMILES string of the molecule is CCCCCC#CCCCCCCCCCCCCCCCCCCCC.